The maximum Gasteiger partial charge on any atom is 0.196 e. The summed E-state index contributed by atoms with van der Waals surface area (Å²) in [7, 11) is 1.93. The molecule has 16 heavy (non-hydrogen) atoms. The van der Waals surface area contributed by atoms with Crippen LogP contribution < -0.4 is 5.32 Å². The lowest BCUT2D eigenvalue weighted by Crippen LogP contribution is -2.10. The van der Waals surface area contributed by atoms with Gasteiger partial charge >= 0.3 is 0 Å². The van der Waals surface area contributed by atoms with Crippen molar-refractivity contribution in [3.05, 3.63) is 35.7 Å². The van der Waals surface area contributed by atoms with Crippen molar-refractivity contribution in [2.45, 2.75) is 6.54 Å². The van der Waals surface area contributed by atoms with Crippen molar-refractivity contribution in [1.29, 1.82) is 0 Å². The second kappa shape index (κ2) is 3.73. The molecule has 5 nitrogen and oxygen atoms in total. The number of hydrogen-bond donors (Lipinski definition) is 1. The van der Waals surface area contributed by atoms with E-state index in [0.29, 0.717) is 0 Å². The molecule has 3 heterocycles. The van der Waals surface area contributed by atoms with Crippen LogP contribution >= 0.6 is 11.3 Å². The molecule has 6 heteroatoms. The highest BCUT2D eigenvalue weighted by Crippen LogP contribution is 2.19. The van der Waals surface area contributed by atoms with Crippen molar-refractivity contribution in [1.82, 2.24) is 24.5 Å². The standard InChI is InChI=1S/C10H11N5S/c1-11-7-8-9(15-4-2-3-12-15)13-10-14(8)5-6-16-10/h2-6,11H,7H2,1H3. The second-order valence-electron chi connectivity index (χ2n) is 3.42. The van der Waals surface area contributed by atoms with Crippen molar-refractivity contribution >= 4 is 16.3 Å². The van der Waals surface area contributed by atoms with Gasteiger partial charge in [-0.15, -0.1) is 11.3 Å². The Morgan fingerprint density at radius 1 is 1.44 bits per heavy atom. The molecule has 0 unspecified atom stereocenters. The lowest BCUT2D eigenvalue weighted by atomic mass is 10.4. The first-order valence-electron chi connectivity index (χ1n) is 4.99. The molecular weight excluding hydrogens is 222 g/mol. The Labute approximate surface area is 96.4 Å². The quantitative estimate of drug-likeness (QED) is 0.741. The third-order valence-electron chi connectivity index (χ3n) is 2.41. The van der Waals surface area contributed by atoms with Crippen LogP contribution in [0.2, 0.25) is 0 Å². The first-order chi connectivity index (χ1) is 7.90. The third kappa shape index (κ3) is 1.35. The zero-order chi connectivity index (χ0) is 11.0. The monoisotopic (exact) mass is 233 g/mol. The maximum absolute atomic E-state index is 4.58. The lowest BCUT2D eigenvalue weighted by Gasteiger charge is -2.02. The van der Waals surface area contributed by atoms with Crippen molar-refractivity contribution < 1.29 is 0 Å². The van der Waals surface area contributed by atoms with E-state index in [2.05, 4.69) is 19.8 Å². The first kappa shape index (κ1) is 9.56. The van der Waals surface area contributed by atoms with Crippen LogP contribution in [0.3, 0.4) is 0 Å². The van der Waals surface area contributed by atoms with E-state index in [0.717, 1.165) is 23.0 Å². The molecule has 0 aliphatic rings. The molecule has 0 saturated heterocycles. The zero-order valence-electron chi connectivity index (χ0n) is 8.79. The van der Waals surface area contributed by atoms with Gasteiger partial charge in [0.1, 0.15) is 0 Å². The van der Waals surface area contributed by atoms with E-state index in [-0.39, 0.29) is 0 Å². The minimum Gasteiger partial charge on any atom is -0.314 e. The van der Waals surface area contributed by atoms with E-state index < -0.39 is 0 Å². The Hall–Kier alpha value is -1.66. The molecule has 0 atom stereocenters. The van der Waals surface area contributed by atoms with E-state index >= 15 is 0 Å². The molecule has 82 valence electrons. The van der Waals surface area contributed by atoms with Crippen LogP contribution in [0.4, 0.5) is 0 Å². The molecule has 0 aromatic carbocycles. The molecule has 0 fully saturated rings. The molecule has 0 spiro atoms. The number of thiazole rings is 1. The van der Waals surface area contributed by atoms with E-state index in [1.807, 2.05) is 30.9 Å². The molecular formula is C10H11N5S. The summed E-state index contributed by atoms with van der Waals surface area (Å²) >= 11 is 1.63. The summed E-state index contributed by atoms with van der Waals surface area (Å²) in [6, 6.07) is 1.90. The van der Waals surface area contributed by atoms with Gasteiger partial charge < -0.3 is 5.32 Å². The molecule has 1 N–H and O–H groups in total. The summed E-state index contributed by atoms with van der Waals surface area (Å²) in [6.45, 7) is 0.771. The largest absolute Gasteiger partial charge is 0.314 e. The van der Waals surface area contributed by atoms with Crippen LogP contribution in [0.1, 0.15) is 5.69 Å². The van der Waals surface area contributed by atoms with Gasteiger partial charge in [0.2, 0.25) is 0 Å². The lowest BCUT2D eigenvalue weighted by molar-refractivity contribution is 0.755. The number of nitrogens with one attached hydrogen (secondary N) is 1. The Balaban J connectivity index is 2.22. The van der Waals surface area contributed by atoms with E-state index in [4.69, 9.17) is 0 Å². The Bertz CT molecular complexity index is 592. The van der Waals surface area contributed by atoms with E-state index in [9.17, 15) is 0 Å². The number of rotatable bonds is 3. The fourth-order valence-corrected chi connectivity index (χ4v) is 2.46. The highest BCUT2D eigenvalue weighted by molar-refractivity contribution is 7.15. The third-order valence-corrected chi connectivity index (χ3v) is 3.16. The summed E-state index contributed by atoms with van der Waals surface area (Å²) in [5, 5.41) is 9.42. The molecule has 0 saturated carbocycles. The zero-order valence-corrected chi connectivity index (χ0v) is 9.61. The number of aromatic nitrogens is 4. The molecule has 3 rings (SSSR count). The molecule has 0 amide bonds. The van der Waals surface area contributed by atoms with Gasteiger partial charge in [0, 0.05) is 30.5 Å². The number of fused-ring (bicyclic) bond motifs is 1. The number of nitrogens with zero attached hydrogens (tertiary/aromatic N) is 4. The predicted octanol–water partition coefficient (Wildman–Crippen LogP) is 1.30. The summed E-state index contributed by atoms with van der Waals surface area (Å²) < 4.78 is 3.89. The van der Waals surface area contributed by atoms with Gasteiger partial charge in [-0.25, -0.2) is 4.68 Å². The molecule has 0 aliphatic heterocycles. The fraction of sp³-hybridized carbons (Fsp3) is 0.200. The average Bonchev–Trinajstić information content (AvgIpc) is 2.93. The van der Waals surface area contributed by atoms with Crippen LogP contribution in [0, 0.1) is 0 Å². The Morgan fingerprint density at radius 3 is 3.12 bits per heavy atom. The molecule has 0 radical (unpaired) electrons. The Morgan fingerprint density at radius 2 is 2.38 bits per heavy atom. The van der Waals surface area contributed by atoms with E-state index in [1.54, 1.807) is 22.2 Å². The smallest absolute Gasteiger partial charge is 0.196 e. The molecule has 0 bridgehead atoms. The summed E-state index contributed by atoms with van der Waals surface area (Å²) in [5.41, 5.74) is 1.13. The van der Waals surface area contributed by atoms with E-state index in [1.165, 1.54) is 0 Å². The minimum atomic E-state index is 0.771. The van der Waals surface area contributed by atoms with Crippen LogP contribution in [-0.2, 0) is 6.54 Å². The van der Waals surface area contributed by atoms with Gasteiger partial charge in [-0.2, -0.15) is 10.1 Å². The van der Waals surface area contributed by atoms with Gasteiger partial charge in [-0.3, -0.25) is 4.40 Å². The van der Waals surface area contributed by atoms with Crippen LogP contribution in [0.25, 0.3) is 10.8 Å². The fourth-order valence-electron chi connectivity index (χ4n) is 1.73. The van der Waals surface area contributed by atoms with Crippen molar-refractivity contribution in [3.8, 4) is 5.82 Å². The molecule has 3 aromatic rings. The number of hydrogen-bond acceptors (Lipinski definition) is 4. The SMILES string of the molecule is CNCc1c(-n2cccn2)nc2sccn12. The first-order valence-corrected chi connectivity index (χ1v) is 5.87. The Kier molecular flexibility index (Phi) is 2.23. The van der Waals surface area contributed by atoms with Crippen molar-refractivity contribution in [2.24, 2.45) is 0 Å². The van der Waals surface area contributed by atoms with Crippen molar-refractivity contribution in [2.75, 3.05) is 7.05 Å². The van der Waals surface area contributed by atoms with Gasteiger partial charge in [0.05, 0.1) is 5.69 Å². The topological polar surface area (TPSA) is 47.2 Å². The van der Waals surface area contributed by atoms with Crippen LogP contribution in [-0.4, -0.2) is 26.2 Å². The minimum absolute atomic E-state index is 0.771. The summed E-state index contributed by atoms with van der Waals surface area (Å²) in [6.07, 6.45) is 5.70. The summed E-state index contributed by atoms with van der Waals surface area (Å²) in [5.74, 6) is 0.895. The highest BCUT2D eigenvalue weighted by Gasteiger charge is 2.13. The molecule has 3 aromatic heterocycles. The normalized spacial score (nSPS) is 11.3. The van der Waals surface area contributed by atoms with Gasteiger partial charge in [-0.1, -0.05) is 0 Å². The number of imidazole rings is 1. The maximum atomic E-state index is 4.58. The van der Waals surface area contributed by atoms with Crippen LogP contribution in [0.15, 0.2) is 30.0 Å². The summed E-state index contributed by atoms with van der Waals surface area (Å²) in [4.78, 5) is 5.57. The highest BCUT2D eigenvalue weighted by atomic mass is 32.1. The van der Waals surface area contributed by atoms with Gasteiger partial charge in [0.25, 0.3) is 0 Å². The average molecular weight is 233 g/mol. The van der Waals surface area contributed by atoms with Gasteiger partial charge in [-0.05, 0) is 13.1 Å². The molecule has 0 aliphatic carbocycles. The second-order valence-corrected chi connectivity index (χ2v) is 4.29. The van der Waals surface area contributed by atoms with Crippen LogP contribution in [0.5, 0.6) is 0 Å². The predicted molar refractivity (Wildman–Crippen MR) is 63.0 cm³/mol. The van der Waals surface area contributed by atoms with Gasteiger partial charge in [0.15, 0.2) is 10.8 Å². The van der Waals surface area contributed by atoms with Crippen molar-refractivity contribution in [3.63, 3.8) is 0 Å².